The Hall–Kier alpha value is -2.24. The molecular formula is C17H21F3N4O4S. The number of halogens is 3. The number of thioether (sulfide) groups is 1. The topological polar surface area (TPSA) is 113 Å². The molecule has 1 heterocycles. The number of aromatic amines is 1. The van der Waals surface area contributed by atoms with Crippen LogP contribution in [0.4, 0.5) is 13.2 Å². The molecule has 3 rings (SSSR count). The van der Waals surface area contributed by atoms with Gasteiger partial charge in [0.15, 0.2) is 0 Å². The van der Waals surface area contributed by atoms with Gasteiger partial charge >= 0.3 is 11.9 Å². The van der Waals surface area contributed by atoms with Crippen molar-refractivity contribution in [1.29, 1.82) is 0 Å². The molecule has 2 aliphatic rings. The Bertz CT molecular complexity index is 894. The minimum Gasteiger partial charge on any atom is -0.352 e. The number of carbonyl (C=O) groups excluding carboxylic acids is 2. The van der Waals surface area contributed by atoms with Crippen LogP contribution >= 0.6 is 11.8 Å². The van der Waals surface area contributed by atoms with Gasteiger partial charge in [-0.15, -0.1) is 11.8 Å². The maximum atomic E-state index is 12.3. The van der Waals surface area contributed by atoms with Crippen molar-refractivity contribution in [2.45, 2.75) is 50.5 Å². The van der Waals surface area contributed by atoms with Crippen LogP contribution in [0.2, 0.25) is 0 Å². The van der Waals surface area contributed by atoms with E-state index >= 15 is 0 Å². The number of hydrogen-bond donors (Lipinski definition) is 3. The molecule has 0 radical (unpaired) electrons. The van der Waals surface area contributed by atoms with Crippen molar-refractivity contribution in [1.82, 2.24) is 20.2 Å². The summed E-state index contributed by atoms with van der Waals surface area (Å²) in [6.45, 7) is -0.243. The van der Waals surface area contributed by atoms with Crippen LogP contribution in [0.3, 0.4) is 0 Å². The lowest BCUT2D eigenvalue weighted by molar-refractivity contribution is -0.133. The van der Waals surface area contributed by atoms with Crippen molar-refractivity contribution in [2.24, 2.45) is 5.41 Å². The highest BCUT2D eigenvalue weighted by Gasteiger charge is 2.59. The number of nitrogens with zero attached hydrogens (tertiary/aromatic N) is 1. The fraction of sp³-hybridized carbons (Fsp3) is 0.647. The van der Waals surface area contributed by atoms with Crippen LogP contribution < -0.4 is 21.9 Å². The third kappa shape index (κ3) is 5.03. The predicted molar refractivity (Wildman–Crippen MR) is 99.5 cm³/mol. The maximum absolute atomic E-state index is 12.3. The van der Waals surface area contributed by atoms with E-state index in [0.29, 0.717) is 18.2 Å². The van der Waals surface area contributed by atoms with Gasteiger partial charge in [-0.05, 0) is 19.3 Å². The lowest BCUT2D eigenvalue weighted by Gasteiger charge is -2.61. The highest BCUT2D eigenvalue weighted by Crippen LogP contribution is 2.56. The molecule has 2 fully saturated rings. The van der Waals surface area contributed by atoms with E-state index in [4.69, 9.17) is 0 Å². The Kier molecular flexibility index (Phi) is 6.11. The molecular weight excluding hydrogens is 413 g/mol. The quantitative estimate of drug-likeness (QED) is 0.574. The lowest BCUT2D eigenvalue weighted by Crippen LogP contribution is -2.71. The number of nitrogens with one attached hydrogen (secondary N) is 3. The number of amides is 2. The Balaban J connectivity index is 1.50. The van der Waals surface area contributed by atoms with Crippen LogP contribution in [0.15, 0.2) is 21.9 Å². The van der Waals surface area contributed by atoms with Gasteiger partial charge in [-0.2, -0.15) is 13.2 Å². The Labute approximate surface area is 167 Å². The number of H-pyrrole nitrogens is 1. The number of alkyl halides is 3. The van der Waals surface area contributed by atoms with E-state index in [0.717, 1.165) is 29.9 Å². The van der Waals surface area contributed by atoms with Crippen molar-refractivity contribution >= 4 is 23.6 Å². The van der Waals surface area contributed by atoms with Crippen LogP contribution in [0.5, 0.6) is 0 Å². The van der Waals surface area contributed by atoms with E-state index in [1.54, 1.807) is 0 Å². The number of hydrogen-bond acceptors (Lipinski definition) is 5. The molecule has 160 valence electrons. The predicted octanol–water partition coefficient (Wildman–Crippen LogP) is 0.376. The van der Waals surface area contributed by atoms with E-state index in [2.05, 4.69) is 15.6 Å². The van der Waals surface area contributed by atoms with Crippen LogP contribution in [0.25, 0.3) is 0 Å². The molecule has 0 aliphatic heterocycles. The van der Waals surface area contributed by atoms with Crippen molar-refractivity contribution < 1.29 is 22.8 Å². The standard InChI is InChI=1S/C17H21F3N4O4S/c18-17(19,20)9-29-8-14(27)22-11-6-10(16(11)3-1-4-16)21-13(26)7-24-5-2-12(25)23-15(24)28/h2,5,10-11H,1,3-4,6-9H2,(H,21,26)(H,22,27)(H,23,25,28). The third-order valence-corrected chi connectivity index (χ3v) is 6.52. The van der Waals surface area contributed by atoms with Gasteiger partial charge in [-0.3, -0.25) is 23.9 Å². The molecule has 8 nitrogen and oxygen atoms in total. The first-order valence-electron chi connectivity index (χ1n) is 9.12. The van der Waals surface area contributed by atoms with Crippen LogP contribution in [-0.2, 0) is 16.1 Å². The number of carbonyl (C=O) groups is 2. The molecule has 0 bridgehead atoms. The largest absolute Gasteiger partial charge is 0.397 e. The molecule has 1 spiro atoms. The number of rotatable bonds is 7. The van der Waals surface area contributed by atoms with Crippen LogP contribution in [0, 0.1) is 5.41 Å². The molecule has 0 aromatic carbocycles. The summed E-state index contributed by atoms with van der Waals surface area (Å²) in [7, 11) is 0. The molecule has 1 aromatic heterocycles. The van der Waals surface area contributed by atoms with Crippen molar-refractivity contribution in [3.8, 4) is 0 Å². The maximum Gasteiger partial charge on any atom is 0.397 e. The number of aromatic nitrogens is 2. The smallest absolute Gasteiger partial charge is 0.352 e. The molecule has 2 saturated carbocycles. The molecule has 0 saturated heterocycles. The molecule has 2 aliphatic carbocycles. The molecule has 2 atom stereocenters. The Morgan fingerprint density at radius 2 is 1.86 bits per heavy atom. The molecule has 3 N–H and O–H groups in total. The first-order chi connectivity index (χ1) is 13.6. The first-order valence-corrected chi connectivity index (χ1v) is 10.3. The van der Waals surface area contributed by atoms with Crippen molar-refractivity contribution in [3.63, 3.8) is 0 Å². The highest BCUT2D eigenvalue weighted by atomic mass is 32.2. The minimum atomic E-state index is -4.31. The zero-order chi connectivity index (χ0) is 21.2. The molecule has 1 aromatic rings. The Morgan fingerprint density at radius 1 is 1.21 bits per heavy atom. The summed E-state index contributed by atoms with van der Waals surface area (Å²) in [5.74, 6) is -2.17. The van der Waals surface area contributed by atoms with E-state index in [-0.39, 0.29) is 35.7 Å². The van der Waals surface area contributed by atoms with Gasteiger partial charge < -0.3 is 10.6 Å². The summed E-state index contributed by atoms with van der Waals surface area (Å²) in [6, 6.07) is 0.792. The summed E-state index contributed by atoms with van der Waals surface area (Å²) in [4.78, 5) is 49.0. The van der Waals surface area contributed by atoms with Gasteiger partial charge in [0.25, 0.3) is 5.56 Å². The van der Waals surface area contributed by atoms with Crippen molar-refractivity contribution in [2.75, 3.05) is 11.5 Å². The summed E-state index contributed by atoms with van der Waals surface area (Å²) in [6.07, 6.45) is -0.0285. The summed E-state index contributed by atoms with van der Waals surface area (Å²) >= 11 is 0.521. The summed E-state index contributed by atoms with van der Waals surface area (Å²) in [5.41, 5.74) is -1.51. The first kappa shape index (κ1) is 21.5. The molecule has 2 amide bonds. The highest BCUT2D eigenvalue weighted by molar-refractivity contribution is 8.00. The van der Waals surface area contributed by atoms with Gasteiger partial charge in [0.05, 0.1) is 11.5 Å². The van der Waals surface area contributed by atoms with Crippen molar-refractivity contribution in [3.05, 3.63) is 33.1 Å². The minimum absolute atomic E-state index is 0.171. The molecule has 12 heteroatoms. The molecule has 29 heavy (non-hydrogen) atoms. The van der Waals surface area contributed by atoms with E-state index in [9.17, 15) is 32.3 Å². The van der Waals surface area contributed by atoms with Gasteiger partial charge in [0, 0.05) is 29.8 Å². The lowest BCUT2D eigenvalue weighted by atomic mass is 9.50. The zero-order valence-corrected chi connectivity index (χ0v) is 16.2. The van der Waals surface area contributed by atoms with Gasteiger partial charge in [-0.1, -0.05) is 6.42 Å². The van der Waals surface area contributed by atoms with Gasteiger partial charge in [0.1, 0.15) is 6.54 Å². The van der Waals surface area contributed by atoms with E-state index in [1.165, 1.54) is 6.20 Å². The zero-order valence-electron chi connectivity index (χ0n) is 15.4. The van der Waals surface area contributed by atoms with Gasteiger partial charge in [0.2, 0.25) is 11.8 Å². The fourth-order valence-electron chi connectivity index (χ4n) is 3.93. The summed E-state index contributed by atoms with van der Waals surface area (Å²) < 4.78 is 37.6. The normalized spacial score (nSPS) is 22.4. The molecule has 2 unspecified atom stereocenters. The Morgan fingerprint density at radius 3 is 2.41 bits per heavy atom. The van der Waals surface area contributed by atoms with Crippen LogP contribution in [0.1, 0.15) is 25.7 Å². The van der Waals surface area contributed by atoms with E-state index < -0.39 is 29.1 Å². The second kappa shape index (κ2) is 8.25. The summed E-state index contributed by atoms with van der Waals surface area (Å²) in [5, 5.41) is 5.66. The third-order valence-electron chi connectivity index (χ3n) is 5.52. The average Bonchev–Trinajstić information content (AvgIpc) is 2.53. The van der Waals surface area contributed by atoms with Gasteiger partial charge in [-0.25, -0.2) is 4.79 Å². The van der Waals surface area contributed by atoms with Crippen LogP contribution in [-0.4, -0.2) is 51.1 Å². The SMILES string of the molecule is O=C(CSCC(F)(F)F)NC1CC(NC(=O)Cn2ccc(=O)[nH]c2=O)C12CCC2. The fourth-order valence-corrected chi connectivity index (χ4v) is 4.54. The second-order valence-corrected chi connectivity index (χ2v) is 8.39. The van der Waals surface area contributed by atoms with E-state index in [1.807, 2.05) is 0 Å². The monoisotopic (exact) mass is 434 g/mol. The second-order valence-electron chi connectivity index (χ2n) is 7.41. The average molecular weight is 434 g/mol.